The highest BCUT2D eigenvalue weighted by atomic mass is 16.5. The molecule has 1 aliphatic carbocycles. The van der Waals surface area contributed by atoms with E-state index in [-0.39, 0.29) is 11.9 Å². The number of carbonyl (C=O) groups is 2. The number of ether oxygens (including phenoxy) is 1. The number of carbonyl (C=O) groups excluding carboxylic acids is 2. The Bertz CT molecular complexity index is 608. The zero-order chi connectivity index (χ0) is 17.8. The van der Waals surface area contributed by atoms with E-state index in [1.54, 1.807) is 12.1 Å². The summed E-state index contributed by atoms with van der Waals surface area (Å²) in [6, 6.07) is 7.38. The van der Waals surface area contributed by atoms with Crippen LogP contribution in [0.25, 0.3) is 0 Å². The van der Waals surface area contributed by atoms with E-state index < -0.39 is 0 Å². The standard InChI is InChI=1S/C20H28N2O3/c1-14(2)21-19(23)16-7-9-18(10-8-16)25-13-15-4-3-11-22(12-15)20(24)17-5-6-17/h7-10,14-15,17H,3-6,11-13H2,1-2H3,(H,21,23). The number of amides is 2. The third-order valence-corrected chi connectivity index (χ3v) is 4.78. The molecule has 1 heterocycles. The maximum Gasteiger partial charge on any atom is 0.251 e. The zero-order valence-corrected chi connectivity index (χ0v) is 15.2. The summed E-state index contributed by atoms with van der Waals surface area (Å²) in [5.74, 6) is 1.73. The van der Waals surface area contributed by atoms with Crippen molar-refractivity contribution in [1.29, 1.82) is 0 Å². The minimum Gasteiger partial charge on any atom is -0.493 e. The van der Waals surface area contributed by atoms with E-state index in [0.29, 0.717) is 29.9 Å². The molecule has 1 saturated heterocycles. The molecule has 1 saturated carbocycles. The molecule has 25 heavy (non-hydrogen) atoms. The Hall–Kier alpha value is -2.04. The number of rotatable bonds is 6. The molecule has 0 radical (unpaired) electrons. The molecule has 1 N–H and O–H groups in total. The minimum atomic E-state index is -0.0666. The Kier molecular flexibility index (Phi) is 5.61. The predicted octanol–water partition coefficient (Wildman–Crippen LogP) is 2.85. The number of nitrogens with zero attached hydrogens (tertiary/aromatic N) is 1. The number of benzene rings is 1. The number of nitrogens with one attached hydrogen (secondary N) is 1. The van der Waals surface area contributed by atoms with Gasteiger partial charge in [0.15, 0.2) is 0 Å². The fraction of sp³-hybridized carbons (Fsp3) is 0.600. The molecule has 2 aliphatic rings. The quantitative estimate of drug-likeness (QED) is 0.863. The van der Waals surface area contributed by atoms with Crippen LogP contribution in [-0.4, -0.2) is 42.5 Å². The normalized spacial score (nSPS) is 20.4. The highest BCUT2D eigenvalue weighted by Gasteiger charge is 2.35. The number of hydrogen-bond donors (Lipinski definition) is 1. The van der Waals surface area contributed by atoms with Crippen LogP contribution >= 0.6 is 0 Å². The maximum atomic E-state index is 12.2. The van der Waals surface area contributed by atoms with Gasteiger partial charge in [0.2, 0.25) is 5.91 Å². The lowest BCUT2D eigenvalue weighted by Crippen LogP contribution is -2.42. The van der Waals surface area contributed by atoms with Crippen molar-refractivity contribution in [1.82, 2.24) is 10.2 Å². The van der Waals surface area contributed by atoms with Crippen LogP contribution in [0.4, 0.5) is 0 Å². The fourth-order valence-corrected chi connectivity index (χ4v) is 3.25. The molecule has 3 rings (SSSR count). The maximum absolute atomic E-state index is 12.2. The Morgan fingerprint density at radius 2 is 1.92 bits per heavy atom. The van der Waals surface area contributed by atoms with E-state index in [9.17, 15) is 9.59 Å². The zero-order valence-electron chi connectivity index (χ0n) is 15.2. The largest absolute Gasteiger partial charge is 0.493 e. The van der Waals surface area contributed by atoms with Gasteiger partial charge in [-0.05, 0) is 63.8 Å². The van der Waals surface area contributed by atoms with Crippen LogP contribution in [0, 0.1) is 11.8 Å². The van der Waals surface area contributed by atoms with Crippen molar-refractivity contribution in [3.8, 4) is 5.75 Å². The van der Waals surface area contributed by atoms with Crippen molar-refractivity contribution in [2.75, 3.05) is 19.7 Å². The summed E-state index contributed by atoms with van der Waals surface area (Å²) in [5.41, 5.74) is 0.639. The average Bonchev–Trinajstić information content (AvgIpc) is 3.44. The first-order valence-electron chi connectivity index (χ1n) is 9.35. The lowest BCUT2D eigenvalue weighted by Gasteiger charge is -2.32. The van der Waals surface area contributed by atoms with E-state index in [0.717, 1.165) is 44.5 Å². The van der Waals surface area contributed by atoms with Gasteiger partial charge in [0.25, 0.3) is 5.91 Å². The van der Waals surface area contributed by atoms with E-state index in [2.05, 4.69) is 5.32 Å². The Labute approximate surface area is 149 Å². The molecule has 2 amide bonds. The minimum absolute atomic E-state index is 0.0666. The number of likely N-dealkylation sites (tertiary alicyclic amines) is 1. The number of hydrogen-bond acceptors (Lipinski definition) is 3. The second-order valence-electron chi connectivity index (χ2n) is 7.53. The molecule has 2 fully saturated rings. The van der Waals surface area contributed by atoms with Crippen LogP contribution in [0.5, 0.6) is 5.75 Å². The summed E-state index contributed by atoms with van der Waals surface area (Å²) in [6.45, 7) is 6.20. The van der Waals surface area contributed by atoms with Crippen LogP contribution in [-0.2, 0) is 4.79 Å². The van der Waals surface area contributed by atoms with Crippen molar-refractivity contribution < 1.29 is 14.3 Å². The molecule has 5 nitrogen and oxygen atoms in total. The van der Waals surface area contributed by atoms with Gasteiger partial charge in [0.05, 0.1) is 6.61 Å². The Morgan fingerprint density at radius 1 is 1.20 bits per heavy atom. The molecule has 5 heteroatoms. The van der Waals surface area contributed by atoms with Crippen molar-refractivity contribution >= 4 is 11.8 Å². The van der Waals surface area contributed by atoms with Crippen molar-refractivity contribution in [3.05, 3.63) is 29.8 Å². The van der Waals surface area contributed by atoms with Gasteiger partial charge in [-0.3, -0.25) is 9.59 Å². The van der Waals surface area contributed by atoms with E-state index in [1.807, 2.05) is 30.9 Å². The second kappa shape index (κ2) is 7.89. The highest BCUT2D eigenvalue weighted by Crippen LogP contribution is 2.32. The smallest absolute Gasteiger partial charge is 0.251 e. The summed E-state index contributed by atoms with van der Waals surface area (Å²) in [4.78, 5) is 26.2. The van der Waals surface area contributed by atoms with Crippen molar-refractivity contribution in [2.45, 2.75) is 45.6 Å². The third kappa shape index (κ3) is 4.97. The van der Waals surface area contributed by atoms with Crippen molar-refractivity contribution in [2.24, 2.45) is 11.8 Å². The summed E-state index contributed by atoms with van der Waals surface area (Å²) >= 11 is 0. The van der Waals surface area contributed by atoms with Gasteiger partial charge < -0.3 is 15.0 Å². The topological polar surface area (TPSA) is 58.6 Å². The van der Waals surface area contributed by atoms with E-state index in [4.69, 9.17) is 4.74 Å². The van der Waals surface area contributed by atoms with Crippen LogP contribution in [0.2, 0.25) is 0 Å². The lowest BCUT2D eigenvalue weighted by molar-refractivity contribution is -0.134. The van der Waals surface area contributed by atoms with Gasteiger partial charge in [-0.2, -0.15) is 0 Å². The first kappa shape index (κ1) is 17.8. The first-order valence-corrected chi connectivity index (χ1v) is 9.35. The Balaban J connectivity index is 1.47. The van der Waals surface area contributed by atoms with Gasteiger partial charge in [-0.1, -0.05) is 0 Å². The molecule has 1 unspecified atom stereocenters. The van der Waals surface area contributed by atoms with Gasteiger partial charge in [-0.25, -0.2) is 0 Å². The average molecular weight is 344 g/mol. The summed E-state index contributed by atoms with van der Waals surface area (Å²) in [6.07, 6.45) is 4.28. The molecule has 136 valence electrons. The van der Waals surface area contributed by atoms with Gasteiger partial charge in [0.1, 0.15) is 5.75 Å². The fourth-order valence-electron chi connectivity index (χ4n) is 3.25. The number of piperidine rings is 1. The molecule has 1 atom stereocenters. The van der Waals surface area contributed by atoms with Crippen LogP contribution in [0.1, 0.15) is 49.9 Å². The first-order chi connectivity index (χ1) is 12.0. The van der Waals surface area contributed by atoms with Crippen molar-refractivity contribution in [3.63, 3.8) is 0 Å². The third-order valence-electron chi connectivity index (χ3n) is 4.78. The van der Waals surface area contributed by atoms with Gasteiger partial charge >= 0.3 is 0 Å². The lowest BCUT2D eigenvalue weighted by atomic mass is 9.98. The van der Waals surface area contributed by atoms with Crippen LogP contribution in [0.3, 0.4) is 0 Å². The second-order valence-corrected chi connectivity index (χ2v) is 7.53. The van der Waals surface area contributed by atoms with Gasteiger partial charge in [0, 0.05) is 36.5 Å². The monoisotopic (exact) mass is 344 g/mol. The van der Waals surface area contributed by atoms with E-state index in [1.165, 1.54) is 0 Å². The van der Waals surface area contributed by atoms with Crippen LogP contribution < -0.4 is 10.1 Å². The van der Waals surface area contributed by atoms with E-state index >= 15 is 0 Å². The summed E-state index contributed by atoms with van der Waals surface area (Å²) in [7, 11) is 0. The van der Waals surface area contributed by atoms with Gasteiger partial charge in [-0.15, -0.1) is 0 Å². The van der Waals surface area contributed by atoms with Crippen LogP contribution in [0.15, 0.2) is 24.3 Å². The molecule has 1 aromatic rings. The Morgan fingerprint density at radius 3 is 2.56 bits per heavy atom. The summed E-state index contributed by atoms with van der Waals surface area (Å²) in [5, 5.41) is 2.87. The SMILES string of the molecule is CC(C)NC(=O)c1ccc(OCC2CCCN(C(=O)C3CC3)C2)cc1. The predicted molar refractivity (Wildman–Crippen MR) is 96.6 cm³/mol. The summed E-state index contributed by atoms with van der Waals surface area (Å²) < 4.78 is 5.90. The molecular weight excluding hydrogens is 316 g/mol. The highest BCUT2D eigenvalue weighted by molar-refractivity contribution is 5.94. The molecule has 0 spiro atoms. The molecule has 0 bridgehead atoms. The molecule has 1 aromatic carbocycles. The molecule has 1 aliphatic heterocycles. The molecule has 0 aromatic heterocycles. The molecular formula is C20H28N2O3.